The molecule has 4 nitrogen and oxygen atoms in total. The van der Waals surface area contributed by atoms with Crippen molar-refractivity contribution in [2.75, 3.05) is 5.32 Å². The number of anilines is 2. The summed E-state index contributed by atoms with van der Waals surface area (Å²) in [7, 11) is 1.76. The van der Waals surface area contributed by atoms with E-state index >= 15 is 0 Å². The van der Waals surface area contributed by atoms with E-state index in [1.165, 1.54) is 0 Å². The number of aromatic nitrogens is 2. The van der Waals surface area contributed by atoms with Gasteiger partial charge in [-0.2, -0.15) is 10.4 Å². The fraction of sp³-hybridized carbons (Fsp3) is 0.231. The highest BCUT2D eigenvalue weighted by molar-refractivity contribution is 6.39. The van der Waals surface area contributed by atoms with E-state index in [2.05, 4.69) is 16.5 Å². The molecule has 0 amide bonds. The van der Waals surface area contributed by atoms with Gasteiger partial charge >= 0.3 is 0 Å². The Hall–Kier alpha value is -1.70. The first-order chi connectivity index (χ1) is 8.95. The van der Waals surface area contributed by atoms with Gasteiger partial charge in [0.25, 0.3) is 0 Å². The molecule has 19 heavy (non-hydrogen) atoms. The van der Waals surface area contributed by atoms with E-state index in [0.29, 0.717) is 32.8 Å². The van der Waals surface area contributed by atoms with Gasteiger partial charge in [-0.05, 0) is 25.5 Å². The number of aryl methyl sites for hydroxylation is 3. The summed E-state index contributed by atoms with van der Waals surface area (Å²) in [6.07, 6.45) is 0. The molecule has 0 saturated heterocycles. The summed E-state index contributed by atoms with van der Waals surface area (Å²) in [5.74, 6) is 0.578. The van der Waals surface area contributed by atoms with E-state index in [0.717, 1.165) is 5.56 Å². The lowest BCUT2D eigenvalue weighted by atomic mass is 10.2. The average Bonchev–Trinajstić information content (AvgIpc) is 2.64. The molecule has 0 saturated carbocycles. The van der Waals surface area contributed by atoms with Crippen LogP contribution in [0.4, 0.5) is 11.5 Å². The maximum Gasteiger partial charge on any atom is 0.146 e. The number of nitriles is 1. The molecule has 2 rings (SSSR count). The SMILES string of the molecule is Cc1ccc(Cl)c(Nc2c(C#N)c(C)nn2C)c1Cl. The van der Waals surface area contributed by atoms with Crippen LogP contribution < -0.4 is 5.32 Å². The fourth-order valence-electron chi connectivity index (χ4n) is 1.83. The smallest absolute Gasteiger partial charge is 0.146 e. The van der Waals surface area contributed by atoms with Gasteiger partial charge in [-0.25, -0.2) is 0 Å². The molecule has 0 spiro atoms. The minimum atomic E-state index is 0.483. The zero-order valence-electron chi connectivity index (χ0n) is 10.8. The van der Waals surface area contributed by atoms with Crippen molar-refractivity contribution in [3.05, 3.63) is 39.0 Å². The molecular formula is C13H12Cl2N4. The first-order valence-corrected chi connectivity index (χ1v) is 6.36. The van der Waals surface area contributed by atoms with Gasteiger partial charge in [0.1, 0.15) is 17.5 Å². The van der Waals surface area contributed by atoms with Gasteiger partial charge in [-0.1, -0.05) is 29.3 Å². The second kappa shape index (κ2) is 5.12. The van der Waals surface area contributed by atoms with Crippen LogP contribution in [0.5, 0.6) is 0 Å². The summed E-state index contributed by atoms with van der Waals surface area (Å²) in [6, 6.07) is 5.73. The van der Waals surface area contributed by atoms with E-state index in [9.17, 15) is 5.26 Å². The molecule has 0 aliphatic carbocycles. The van der Waals surface area contributed by atoms with Gasteiger partial charge in [0.2, 0.25) is 0 Å². The molecule has 0 aliphatic heterocycles. The molecule has 98 valence electrons. The third-order valence-electron chi connectivity index (χ3n) is 2.86. The zero-order valence-corrected chi connectivity index (χ0v) is 12.3. The van der Waals surface area contributed by atoms with Crippen LogP contribution in [0.1, 0.15) is 16.8 Å². The summed E-state index contributed by atoms with van der Waals surface area (Å²) in [6.45, 7) is 3.67. The Kier molecular flexibility index (Phi) is 3.70. The van der Waals surface area contributed by atoms with E-state index in [1.54, 1.807) is 24.7 Å². The highest BCUT2D eigenvalue weighted by atomic mass is 35.5. The first-order valence-electron chi connectivity index (χ1n) is 5.61. The van der Waals surface area contributed by atoms with Crippen molar-refractivity contribution in [2.45, 2.75) is 13.8 Å². The quantitative estimate of drug-likeness (QED) is 0.912. The van der Waals surface area contributed by atoms with Crippen molar-refractivity contribution in [1.29, 1.82) is 5.26 Å². The normalized spacial score (nSPS) is 10.3. The van der Waals surface area contributed by atoms with E-state index in [1.807, 2.05) is 13.0 Å². The van der Waals surface area contributed by atoms with E-state index in [-0.39, 0.29) is 0 Å². The summed E-state index contributed by atoms with van der Waals surface area (Å²) in [5.41, 5.74) is 2.64. The number of nitrogens with zero attached hydrogens (tertiary/aromatic N) is 3. The zero-order chi connectivity index (χ0) is 14.2. The predicted octanol–water partition coefficient (Wildman–Crippen LogP) is 3.96. The molecule has 6 heteroatoms. The molecule has 1 aromatic heterocycles. The van der Waals surface area contributed by atoms with Crippen molar-refractivity contribution in [2.24, 2.45) is 7.05 Å². The Bertz CT molecular complexity index is 683. The Labute approximate surface area is 121 Å². The minimum Gasteiger partial charge on any atom is -0.337 e. The fourth-order valence-corrected chi connectivity index (χ4v) is 2.29. The van der Waals surface area contributed by atoms with Crippen LogP contribution in [0.3, 0.4) is 0 Å². The van der Waals surface area contributed by atoms with Crippen LogP contribution >= 0.6 is 23.2 Å². The highest BCUT2D eigenvalue weighted by Crippen LogP contribution is 2.36. The van der Waals surface area contributed by atoms with Crippen LogP contribution in [0.15, 0.2) is 12.1 Å². The number of rotatable bonds is 2. The molecule has 0 bridgehead atoms. The Balaban J connectivity index is 2.54. The summed E-state index contributed by atoms with van der Waals surface area (Å²) in [4.78, 5) is 0. The van der Waals surface area contributed by atoms with Crippen LogP contribution in [0.2, 0.25) is 10.0 Å². The lowest BCUT2D eigenvalue weighted by Crippen LogP contribution is -2.02. The Morgan fingerprint density at radius 2 is 2.00 bits per heavy atom. The molecule has 0 radical (unpaired) electrons. The number of halogens is 2. The second-order valence-electron chi connectivity index (χ2n) is 4.22. The van der Waals surface area contributed by atoms with E-state index < -0.39 is 0 Å². The second-order valence-corrected chi connectivity index (χ2v) is 5.01. The standard InChI is InChI=1S/C13H12Cl2N4/c1-7-4-5-10(14)12(11(7)15)17-13-9(6-16)8(2)18-19(13)3/h4-5,17H,1-3H3. The third-order valence-corrected chi connectivity index (χ3v) is 3.66. The van der Waals surface area contributed by atoms with Crippen LogP contribution in [-0.4, -0.2) is 9.78 Å². The molecule has 1 heterocycles. The topological polar surface area (TPSA) is 53.6 Å². The number of hydrogen-bond donors (Lipinski definition) is 1. The molecule has 2 aromatic rings. The van der Waals surface area contributed by atoms with Crippen molar-refractivity contribution in [3.63, 3.8) is 0 Å². The Morgan fingerprint density at radius 1 is 1.32 bits per heavy atom. The minimum absolute atomic E-state index is 0.483. The largest absolute Gasteiger partial charge is 0.337 e. The van der Waals surface area contributed by atoms with E-state index in [4.69, 9.17) is 23.2 Å². The molecule has 1 N–H and O–H groups in total. The molecule has 1 aromatic carbocycles. The van der Waals surface area contributed by atoms with Crippen molar-refractivity contribution in [3.8, 4) is 6.07 Å². The van der Waals surface area contributed by atoms with Crippen molar-refractivity contribution < 1.29 is 0 Å². The molecule has 0 aliphatic rings. The van der Waals surface area contributed by atoms with Crippen molar-refractivity contribution in [1.82, 2.24) is 9.78 Å². The predicted molar refractivity (Wildman–Crippen MR) is 77.1 cm³/mol. The average molecular weight is 295 g/mol. The summed E-state index contributed by atoms with van der Waals surface area (Å²) >= 11 is 12.4. The lowest BCUT2D eigenvalue weighted by molar-refractivity contribution is 0.765. The number of nitrogens with one attached hydrogen (secondary N) is 1. The third kappa shape index (κ3) is 2.40. The summed E-state index contributed by atoms with van der Waals surface area (Å²) in [5, 5.41) is 17.5. The summed E-state index contributed by atoms with van der Waals surface area (Å²) < 4.78 is 1.60. The molecule has 0 fully saturated rings. The lowest BCUT2D eigenvalue weighted by Gasteiger charge is -2.12. The highest BCUT2D eigenvalue weighted by Gasteiger charge is 2.16. The Morgan fingerprint density at radius 3 is 2.63 bits per heavy atom. The van der Waals surface area contributed by atoms with Gasteiger partial charge in [0.05, 0.1) is 21.4 Å². The molecule has 0 unspecified atom stereocenters. The van der Waals surface area contributed by atoms with Gasteiger partial charge in [-0.3, -0.25) is 4.68 Å². The van der Waals surface area contributed by atoms with Crippen LogP contribution in [0, 0.1) is 25.2 Å². The van der Waals surface area contributed by atoms with Gasteiger partial charge in [-0.15, -0.1) is 0 Å². The number of hydrogen-bond acceptors (Lipinski definition) is 3. The van der Waals surface area contributed by atoms with Crippen LogP contribution in [-0.2, 0) is 7.05 Å². The maximum absolute atomic E-state index is 9.17. The monoisotopic (exact) mass is 294 g/mol. The van der Waals surface area contributed by atoms with Gasteiger partial charge < -0.3 is 5.32 Å². The van der Waals surface area contributed by atoms with Crippen molar-refractivity contribution >= 4 is 34.7 Å². The van der Waals surface area contributed by atoms with Gasteiger partial charge in [0, 0.05) is 7.05 Å². The maximum atomic E-state index is 9.17. The molecular weight excluding hydrogens is 283 g/mol. The number of benzene rings is 1. The molecule has 0 atom stereocenters. The van der Waals surface area contributed by atoms with Crippen LogP contribution in [0.25, 0.3) is 0 Å². The van der Waals surface area contributed by atoms with Gasteiger partial charge in [0.15, 0.2) is 0 Å². The first kappa shape index (κ1) is 13.7.